The molecule has 0 saturated carbocycles. The summed E-state index contributed by atoms with van der Waals surface area (Å²) in [5, 5.41) is 2.92. The molecule has 0 bridgehead atoms. The first-order chi connectivity index (χ1) is 13.8. The van der Waals surface area contributed by atoms with Crippen LogP contribution < -0.4 is 9.62 Å². The fourth-order valence-corrected chi connectivity index (χ4v) is 4.04. The molecule has 1 atom stereocenters. The minimum Gasteiger partial charge on any atom is -0.346 e. The molecule has 0 aliphatic carbocycles. The van der Waals surface area contributed by atoms with Gasteiger partial charge in [0.1, 0.15) is 0 Å². The highest BCUT2D eigenvalue weighted by Crippen LogP contribution is 2.23. The summed E-state index contributed by atoms with van der Waals surface area (Å²) < 4.78 is 26.8. The average molecular weight is 410 g/mol. The minimum atomic E-state index is -3.67. The summed E-state index contributed by atoms with van der Waals surface area (Å²) in [7, 11) is -2.17. The Labute approximate surface area is 171 Å². The number of nitrogens with one attached hydrogen (secondary N) is 1. The van der Waals surface area contributed by atoms with Crippen LogP contribution in [0, 0.1) is 6.92 Å². The van der Waals surface area contributed by atoms with E-state index >= 15 is 0 Å². The van der Waals surface area contributed by atoms with E-state index in [4.69, 9.17) is 0 Å². The lowest BCUT2D eigenvalue weighted by molar-refractivity contribution is 0.0940. The van der Waals surface area contributed by atoms with Crippen LogP contribution in [0.4, 0.5) is 5.69 Å². The Bertz CT molecular complexity index is 1080. The van der Waals surface area contributed by atoms with Crippen LogP contribution in [0.15, 0.2) is 78.0 Å². The largest absolute Gasteiger partial charge is 0.346 e. The Morgan fingerprint density at radius 2 is 1.55 bits per heavy atom. The summed E-state index contributed by atoms with van der Waals surface area (Å²) in [6, 6.07) is 16.7. The van der Waals surface area contributed by atoms with Crippen LogP contribution in [-0.4, -0.2) is 26.4 Å². The van der Waals surface area contributed by atoms with Gasteiger partial charge >= 0.3 is 0 Å². The zero-order valence-electron chi connectivity index (χ0n) is 16.5. The van der Waals surface area contributed by atoms with Crippen molar-refractivity contribution in [3.63, 3.8) is 0 Å². The maximum atomic E-state index is 12.8. The zero-order chi connectivity index (χ0) is 21.0. The summed E-state index contributed by atoms with van der Waals surface area (Å²) in [6.07, 6.45) is 3.36. The number of aryl methyl sites for hydroxylation is 1. The third kappa shape index (κ3) is 4.63. The van der Waals surface area contributed by atoms with Crippen LogP contribution in [-0.2, 0) is 10.0 Å². The summed E-state index contributed by atoms with van der Waals surface area (Å²) >= 11 is 0. The lowest BCUT2D eigenvalue weighted by atomic mass is 10.1. The smallest absolute Gasteiger partial charge is 0.264 e. The van der Waals surface area contributed by atoms with Crippen LogP contribution in [0.1, 0.15) is 34.5 Å². The number of carbonyl (C=O) groups excluding carboxylic acids is 1. The van der Waals surface area contributed by atoms with E-state index in [1.807, 2.05) is 26.0 Å². The van der Waals surface area contributed by atoms with Crippen LogP contribution >= 0.6 is 0 Å². The molecule has 6 nitrogen and oxygen atoms in total. The number of rotatable bonds is 6. The molecule has 1 heterocycles. The van der Waals surface area contributed by atoms with E-state index in [1.165, 1.54) is 11.4 Å². The average Bonchev–Trinajstić information content (AvgIpc) is 2.74. The number of amides is 1. The van der Waals surface area contributed by atoms with E-state index < -0.39 is 10.0 Å². The first kappa shape index (κ1) is 20.5. The lowest BCUT2D eigenvalue weighted by Crippen LogP contribution is -2.28. The van der Waals surface area contributed by atoms with Gasteiger partial charge in [-0.15, -0.1) is 0 Å². The first-order valence-electron chi connectivity index (χ1n) is 9.15. The Kier molecular flexibility index (Phi) is 5.98. The van der Waals surface area contributed by atoms with Gasteiger partial charge < -0.3 is 5.32 Å². The second-order valence-corrected chi connectivity index (χ2v) is 8.78. The normalized spacial score (nSPS) is 12.2. The van der Waals surface area contributed by atoms with Gasteiger partial charge in [0.15, 0.2) is 0 Å². The molecular formula is C22H23N3O3S. The number of aromatic nitrogens is 1. The highest BCUT2D eigenvalue weighted by atomic mass is 32.2. The predicted octanol–water partition coefficient (Wildman–Crippen LogP) is 3.71. The van der Waals surface area contributed by atoms with E-state index in [1.54, 1.807) is 60.9 Å². The monoisotopic (exact) mass is 409 g/mol. The highest BCUT2D eigenvalue weighted by Gasteiger charge is 2.21. The molecule has 0 fully saturated rings. The van der Waals surface area contributed by atoms with E-state index in [-0.39, 0.29) is 16.8 Å². The molecule has 1 aromatic heterocycles. The highest BCUT2D eigenvalue weighted by molar-refractivity contribution is 7.92. The molecule has 7 heteroatoms. The molecule has 2 aromatic carbocycles. The van der Waals surface area contributed by atoms with Crippen LogP contribution in [0.5, 0.6) is 0 Å². The molecule has 0 spiro atoms. The van der Waals surface area contributed by atoms with Gasteiger partial charge in [-0.2, -0.15) is 0 Å². The number of sulfonamides is 1. The minimum absolute atomic E-state index is 0.172. The van der Waals surface area contributed by atoms with Gasteiger partial charge in [-0.3, -0.25) is 14.1 Å². The van der Waals surface area contributed by atoms with Crippen molar-refractivity contribution < 1.29 is 13.2 Å². The van der Waals surface area contributed by atoms with Gasteiger partial charge in [-0.25, -0.2) is 8.42 Å². The molecule has 0 aliphatic rings. The number of hydrogen-bond acceptors (Lipinski definition) is 4. The number of hydrogen-bond donors (Lipinski definition) is 1. The molecule has 1 amide bonds. The van der Waals surface area contributed by atoms with Crippen LogP contribution in [0.25, 0.3) is 0 Å². The van der Waals surface area contributed by atoms with Gasteiger partial charge in [-0.1, -0.05) is 17.7 Å². The summed E-state index contributed by atoms with van der Waals surface area (Å²) in [4.78, 5) is 16.7. The van der Waals surface area contributed by atoms with Crippen molar-refractivity contribution in [1.29, 1.82) is 0 Å². The fraction of sp³-hybridized carbons (Fsp3) is 0.182. The maximum Gasteiger partial charge on any atom is 0.264 e. The van der Waals surface area contributed by atoms with Gasteiger partial charge in [-0.05, 0) is 67.9 Å². The molecular weight excluding hydrogens is 386 g/mol. The maximum absolute atomic E-state index is 12.8. The SMILES string of the molecule is Cc1ccc(S(=O)(=O)N(C)c2ccc(C(=O)NC(C)c3ccncc3)cc2)cc1. The Hall–Kier alpha value is -3.19. The lowest BCUT2D eigenvalue weighted by Gasteiger charge is -2.20. The van der Waals surface area contributed by atoms with Crippen molar-refractivity contribution in [1.82, 2.24) is 10.3 Å². The Balaban J connectivity index is 1.73. The molecule has 29 heavy (non-hydrogen) atoms. The molecule has 1 unspecified atom stereocenters. The third-order valence-corrected chi connectivity index (χ3v) is 6.53. The Morgan fingerprint density at radius 1 is 0.966 bits per heavy atom. The number of benzene rings is 2. The predicted molar refractivity (Wildman–Crippen MR) is 113 cm³/mol. The van der Waals surface area contributed by atoms with Crippen molar-refractivity contribution >= 4 is 21.6 Å². The summed E-state index contributed by atoms with van der Waals surface area (Å²) in [5.41, 5.74) is 2.87. The third-order valence-electron chi connectivity index (χ3n) is 4.73. The molecule has 0 saturated heterocycles. The number of carbonyl (C=O) groups is 1. The van der Waals surface area contributed by atoms with Gasteiger partial charge in [0.2, 0.25) is 0 Å². The van der Waals surface area contributed by atoms with Crippen LogP contribution in [0.2, 0.25) is 0 Å². The molecule has 150 valence electrons. The fourth-order valence-electron chi connectivity index (χ4n) is 2.85. The van der Waals surface area contributed by atoms with Crippen molar-refractivity contribution in [2.45, 2.75) is 24.8 Å². The first-order valence-corrected chi connectivity index (χ1v) is 10.6. The van der Waals surface area contributed by atoms with E-state index in [0.717, 1.165) is 11.1 Å². The second-order valence-electron chi connectivity index (χ2n) is 6.81. The van der Waals surface area contributed by atoms with E-state index in [9.17, 15) is 13.2 Å². The summed E-state index contributed by atoms with van der Waals surface area (Å²) in [5.74, 6) is -0.232. The topological polar surface area (TPSA) is 79.4 Å². The number of nitrogens with zero attached hydrogens (tertiary/aromatic N) is 2. The van der Waals surface area contributed by atoms with Crippen molar-refractivity contribution in [3.05, 3.63) is 89.7 Å². The van der Waals surface area contributed by atoms with E-state index in [0.29, 0.717) is 11.3 Å². The molecule has 3 aromatic rings. The molecule has 0 aliphatic heterocycles. The van der Waals surface area contributed by atoms with Gasteiger partial charge in [0, 0.05) is 25.0 Å². The molecule has 0 radical (unpaired) electrons. The van der Waals surface area contributed by atoms with Crippen molar-refractivity contribution in [3.8, 4) is 0 Å². The Morgan fingerprint density at radius 3 is 2.14 bits per heavy atom. The number of anilines is 1. The standard InChI is InChI=1S/C22H23N3O3S/c1-16-4-10-21(11-5-16)29(27,28)25(3)20-8-6-19(7-9-20)22(26)24-17(2)18-12-14-23-15-13-18/h4-15,17H,1-3H3,(H,24,26). The second kappa shape index (κ2) is 8.45. The van der Waals surface area contributed by atoms with Crippen LogP contribution in [0.3, 0.4) is 0 Å². The van der Waals surface area contributed by atoms with Crippen molar-refractivity contribution in [2.24, 2.45) is 0 Å². The molecule has 1 N–H and O–H groups in total. The van der Waals surface area contributed by atoms with Gasteiger partial charge in [0.05, 0.1) is 16.6 Å². The molecule has 3 rings (SSSR count). The quantitative estimate of drug-likeness (QED) is 0.673. The van der Waals surface area contributed by atoms with E-state index in [2.05, 4.69) is 10.3 Å². The van der Waals surface area contributed by atoms with Gasteiger partial charge in [0.25, 0.3) is 15.9 Å². The van der Waals surface area contributed by atoms with Crippen molar-refractivity contribution in [2.75, 3.05) is 11.4 Å². The number of pyridine rings is 1. The zero-order valence-corrected chi connectivity index (χ0v) is 17.3. The summed E-state index contributed by atoms with van der Waals surface area (Å²) in [6.45, 7) is 3.79.